The predicted octanol–water partition coefficient (Wildman–Crippen LogP) is 4.78. The van der Waals surface area contributed by atoms with Gasteiger partial charge in [-0.3, -0.25) is 0 Å². The molecule has 0 aromatic rings. The number of hydrogen-bond acceptors (Lipinski definition) is 1. The molecule has 0 aromatic carbocycles. The monoisotopic (exact) mass is 314 g/mol. The van der Waals surface area contributed by atoms with Crippen LogP contribution in [0.3, 0.4) is 0 Å². The van der Waals surface area contributed by atoms with Crippen LogP contribution in [0.25, 0.3) is 0 Å². The predicted molar refractivity (Wildman–Crippen MR) is 79.0 cm³/mol. The first-order chi connectivity index (χ1) is 8.75. The molecule has 0 saturated heterocycles. The van der Waals surface area contributed by atoms with E-state index in [0.29, 0.717) is 11.5 Å². The van der Waals surface area contributed by atoms with Crippen LogP contribution in [0, 0.1) is 23.2 Å². The van der Waals surface area contributed by atoms with Gasteiger partial charge in [0.25, 0.3) is 0 Å². The van der Waals surface area contributed by atoms with E-state index in [9.17, 15) is 0 Å². The van der Waals surface area contributed by atoms with Crippen molar-refractivity contribution in [3.8, 4) is 0 Å². The van der Waals surface area contributed by atoms with Gasteiger partial charge >= 0.3 is 0 Å². The van der Waals surface area contributed by atoms with E-state index in [4.69, 9.17) is 4.74 Å². The van der Waals surface area contributed by atoms with E-state index in [1.54, 1.807) is 0 Å². The summed E-state index contributed by atoms with van der Waals surface area (Å²) >= 11 is 3.54. The summed E-state index contributed by atoms with van der Waals surface area (Å²) < 4.78 is 5.97. The highest BCUT2D eigenvalue weighted by atomic mass is 79.9. The van der Waals surface area contributed by atoms with Crippen LogP contribution in [0.1, 0.15) is 57.8 Å². The summed E-state index contributed by atoms with van der Waals surface area (Å²) in [5, 5.41) is 1.14. The van der Waals surface area contributed by atoms with Crippen LogP contribution in [0.2, 0.25) is 0 Å². The molecular formula is C16H27BrO. The Kier molecular flexibility index (Phi) is 4.06. The van der Waals surface area contributed by atoms with E-state index in [0.717, 1.165) is 23.1 Å². The summed E-state index contributed by atoms with van der Waals surface area (Å²) in [6, 6.07) is 0. The minimum atomic E-state index is 0.546. The highest BCUT2D eigenvalue weighted by Gasteiger charge is 2.54. The van der Waals surface area contributed by atoms with Crippen molar-refractivity contribution < 1.29 is 4.74 Å². The molecule has 4 fully saturated rings. The lowest BCUT2D eigenvalue weighted by atomic mass is 9.48. The number of methoxy groups -OCH3 is 1. The number of rotatable bonds is 6. The Morgan fingerprint density at radius 3 is 2.06 bits per heavy atom. The van der Waals surface area contributed by atoms with Gasteiger partial charge in [0.2, 0.25) is 0 Å². The Hall–Kier alpha value is 0.440. The van der Waals surface area contributed by atoms with Crippen molar-refractivity contribution in [2.24, 2.45) is 23.2 Å². The molecule has 18 heavy (non-hydrogen) atoms. The van der Waals surface area contributed by atoms with Crippen LogP contribution in [-0.2, 0) is 4.74 Å². The van der Waals surface area contributed by atoms with Gasteiger partial charge < -0.3 is 4.74 Å². The Balaban J connectivity index is 1.68. The molecule has 0 radical (unpaired) electrons. The highest BCUT2D eigenvalue weighted by Crippen LogP contribution is 2.62. The van der Waals surface area contributed by atoms with Crippen LogP contribution in [-0.4, -0.2) is 18.5 Å². The van der Waals surface area contributed by atoms with Gasteiger partial charge in [0.15, 0.2) is 0 Å². The molecule has 104 valence electrons. The molecule has 2 heteroatoms. The number of ether oxygens (including phenoxy) is 1. The molecular weight excluding hydrogens is 288 g/mol. The fourth-order valence-electron chi connectivity index (χ4n) is 5.67. The van der Waals surface area contributed by atoms with Gasteiger partial charge in [0, 0.05) is 12.4 Å². The molecule has 0 aliphatic heterocycles. The Morgan fingerprint density at radius 2 is 1.61 bits per heavy atom. The average molecular weight is 315 g/mol. The van der Waals surface area contributed by atoms with Gasteiger partial charge in [-0.2, -0.15) is 0 Å². The SMILES string of the molecule is COC(CCCCBr)C12CC3CC(CC(C3)C1)C2. The fraction of sp³-hybridized carbons (Fsp3) is 1.00. The summed E-state index contributed by atoms with van der Waals surface area (Å²) in [6.45, 7) is 0. The zero-order chi connectivity index (χ0) is 12.6. The minimum absolute atomic E-state index is 0.546. The molecule has 1 unspecified atom stereocenters. The van der Waals surface area contributed by atoms with Gasteiger partial charge in [0.1, 0.15) is 0 Å². The molecule has 0 N–H and O–H groups in total. The second kappa shape index (κ2) is 5.44. The molecule has 4 bridgehead atoms. The van der Waals surface area contributed by atoms with Gasteiger partial charge in [-0.05, 0) is 74.5 Å². The van der Waals surface area contributed by atoms with Crippen LogP contribution in [0.4, 0.5) is 0 Å². The number of unbranched alkanes of at least 4 members (excludes halogenated alkanes) is 1. The average Bonchev–Trinajstić information content (AvgIpc) is 2.32. The molecule has 4 aliphatic rings. The lowest BCUT2D eigenvalue weighted by molar-refractivity contribution is -0.134. The maximum atomic E-state index is 5.97. The van der Waals surface area contributed by atoms with E-state index in [2.05, 4.69) is 15.9 Å². The lowest BCUT2D eigenvalue weighted by Crippen LogP contribution is -2.52. The number of alkyl halides is 1. The van der Waals surface area contributed by atoms with Crippen molar-refractivity contribution in [1.29, 1.82) is 0 Å². The largest absolute Gasteiger partial charge is 0.381 e. The maximum absolute atomic E-state index is 5.97. The van der Waals surface area contributed by atoms with Crippen molar-refractivity contribution in [2.45, 2.75) is 63.9 Å². The zero-order valence-electron chi connectivity index (χ0n) is 11.7. The van der Waals surface area contributed by atoms with E-state index in [1.165, 1.54) is 57.8 Å². The summed E-state index contributed by atoms with van der Waals surface area (Å²) in [5.74, 6) is 3.14. The molecule has 4 aliphatic carbocycles. The van der Waals surface area contributed by atoms with Crippen molar-refractivity contribution in [2.75, 3.05) is 12.4 Å². The van der Waals surface area contributed by atoms with Crippen LogP contribution >= 0.6 is 15.9 Å². The van der Waals surface area contributed by atoms with E-state index in [-0.39, 0.29) is 0 Å². The van der Waals surface area contributed by atoms with Crippen molar-refractivity contribution in [1.82, 2.24) is 0 Å². The van der Waals surface area contributed by atoms with Crippen LogP contribution in [0.5, 0.6) is 0 Å². The summed E-state index contributed by atoms with van der Waals surface area (Å²) in [6.07, 6.45) is 13.5. The lowest BCUT2D eigenvalue weighted by Gasteiger charge is -2.59. The first kappa shape index (κ1) is 13.4. The molecule has 4 saturated carbocycles. The summed E-state index contributed by atoms with van der Waals surface area (Å²) in [5.41, 5.74) is 0.579. The Labute approximate surface area is 120 Å². The first-order valence-corrected chi connectivity index (χ1v) is 8.96. The smallest absolute Gasteiger partial charge is 0.0627 e. The van der Waals surface area contributed by atoms with Crippen molar-refractivity contribution in [3.63, 3.8) is 0 Å². The molecule has 1 atom stereocenters. The first-order valence-electron chi connectivity index (χ1n) is 7.84. The second-order valence-electron chi connectivity index (χ2n) is 7.19. The number of hydrogen-bond donors (Lipinski definition) is 0. The van der Waals surface area contributed by atoms with Crippen LogP contribution in [0.15, 0.2) is 0 Å². The number of halogens is 1. The van der Waals surface area contributed by atoms with E-state index < -0.39 is 0 Å². The molecule has 0 aromatic heterocycles. The van der Waals surface area contributed by atoms with Gasteiger partial charge in [-0.15, -0.1) is 0 Å². The van der Waals surface area contributed by atoms with Gasteiger partial charge in [-0.25, -0.2) is 0 Å². The van der Waals surface area contributed by atoms with Gasteiger partial charge in [-0.1, -0.05) is 22.4 Å². The molecule has 0 amide bonds. The third-order valence-electron chi connectivity index (χ3n) is 5.90. The third-order valence-corrected chi connectivity index (χ3v) is 6.46. The van der Waals surface area contributed by atoms with Gasteiger partial charge in [0.05, 0.1) is 6.10 Å². The normalized spacial score (nSPS) is 43.3. The quantitative estimate of drug-likeness (QED) is 0.506. The molecule has 1 nitrogen and oxygen atoms in total. The maximum Gasteiger partial charge on any atom is 0.0627 e. The summed E-state index contributed by atoms with van der Waals surface area (Å²) in [4.78, 5) is 0. The fourth-order valence-corrected chi connectivity index (χ4v) is 6.07. The third kappa shape index (κ3) is 2.40. The standard InChI is InChI=1S/C16H27BrO/c1-18-15(4-2-3-5-17)16-9-12-6-13(10-16)8-14(7-12)11-16/h12-15H,2-11H2,1H3. The van der Waals surface area contributed by atoms with Crippen molar-refractivity contribution >= 4 is 15.9 Å². The second-order valence-corrected chi connectivity index (χ2v) is 7.98. The zero-order valence-corrected chi connectivity index (χ0v) is 13.3. The Morgan fingerprint density at radius 1 is 1.06 bits per heavy atom. The highest BCUT2D eigenvalue weighted by molar-refractivity contribution is 9.09. The summed E-state index contributed by atoms with van der Waals surface area (Å²) in [7, 11) is 1.96. The topological polar surface area (TPSA) is 9.23 Å². The Bertz CT molecular complexity index is 254. The van der Waals surface area contributed by atoms with Crippen molar-refractivity contribution in [3.05, 3.63) is 0 Å². The van der Waals surface area contributed by atoms with E-state index in [1.807, 2.05) is 7.11 Å². The molecule has 4 rings (SSSR count). The molecule has 0 spiro atoms. The van der Waals surface area contributed by atoms with Crippen LogP contribution < -0.4 is 0 Å². The minimum Gasteiger partial charge on any atom is -0.381 e. The molecule has 0 heterocycles. The van der Waals surface area contributed by atoms with E-state index >= 15 is 0 Å².